The number of thiophene rings is 1. The SMILES string of the molecule is NC(c1ccsc1)c1ccc(Br)c(F)c1. The van der Waals surface area contributed by atoms with Crippen molar-refractivity contribution in [1.82, 2.24) is 0 Å². The second kappa shape index (κ2) is 4.43. The molecule has 0 bridgehead atoms. The summed E-state index contributed by atoms with van der Waals surface area (Å²) in [5.74, 6) is -0.279. The molecule has 0 aliphatic rings. The lowest BCUT2D eigenvalue weighted by Crippen LogP contribution is -2.10. The monoisotopic (exact) mass is 285 g/mol. The predicted molar refractivity (Wildman–Crippen MR) is 64.4 cm³/mol. The van der Waals surface area contributed by atoms with Gasteiger partial charge in [0, 0.05) is 0 Å². The van der Waals surface area contributed by atoms with Gasteiger partial charge in [-0.2, -0.15) is 11.3 Å². The summed E-state index contributed by atoms with van der Waals surface area (Å²) in [4.78, 5) is 0. The molecule has 0 amide bonds. The molecule has 0 aliphatic carbocycles. The van der Waals surface area contributed by atoms with Gasteiger partial charge in [0.1, 0.15) is 5.82 Å². The number of nitrogens with two attached hydrogens (primary N) is 1. The minimum absolute atomic E-state index is 0.251. The van der Waals surface area contributed by atoms with Gasteiger partial charge in [-0.05, 0) is 56.0 Å². The van der Waals surface area contributed by atoms with Gasteiger partial charge in [-0.15, -0.1) is 0 Å². The lowest BCUT2D eigenvalue weighted by atomic mass is 10.0. The van der Waals surface area contributed by atoms with Crippen molar-refractivity contribution in [1.29, 1.82) is 0 Å². The molecule has 0 radical (unpaired) electrons. The van der Waals surface area contributed by atoms with Crippen LogP contribution in [0.5, 0.6) is 0 Å². The minimum atomic E-state index is -0.279. The predicted octanol–water partition coefficient (Wildman–Crippen LogP) is 3.70. The molecule has 0 spiro atoms. The second-order valence-electron chi connectivity index (χ2n) is 3.21. The van der Waals surface area contributed by atoms with Gasteiger partial charge in [0.05, 0.1) is 10.5 Å². The quantitative estimate of drug-likeness (QED) is 0.895. The van der Waals surface area contributed by atoms with Crippen LogP contribution in [0.1, 0.15) is 17.2 Å². The van der Waals surface area contributed by atoms with E-state index in [4.69, 9.17) is 5.73 Å². The molecule has 1 aromatic heterocycles. The highest BCUT2D eigenvalue weighted by molar-refractivity contribution is 9.10. The topological polar surface area (TPSA) is 26.0 Å². The van der Waals surface area contributed by atoms with E-state index in [1.54, 1.807) is 17.4 Å². The lowest BCUT2D eigenvalue weighted by molar-refractivity contribution is 0.617. The summed E-state index contributed by atoms with van der Waals surface area (Å²) >= 11 is 4.70. The summed E-state index contributed by atoms with van der Waals surface area (Å²) in [6, 6.07) is 6.67. The second-order valence-corrected chi connectivity index (χ2v) is 4.84. The molecule has 4 heteroatoms. The summed E-state index contributed by atoms with van der Waals surface area (Å²) < 4.78 is 13.7. The molecular weight excluding hydrogens is 277 g/mol. The zero-order valence-electron chi connectivity index (χ0n) is 7.78. The number of halogens is 2. The summed E-state index contributed by atoms with van der Waals surface area (Å²) in [5, 5.41) is 3.94. The maximum Gasteiger partial charge on any atom is 0.137 e. The number of benzene rings is 1. The van der Waals surface area contributed by atoms with Crippen molar-refractivity contribution in [3.63, 3.8) is 0 Å². The Kier molecular flexibility index (Phi) is 3.19. The molecule has 78 valence electrons. The number of hydrogen-bond acceptors (Lipinski definition) is 2. The maximum atomic E-state index is 13.3. The van der Waals surface area contributed by atoms with E-state index in [1.165, 1.54) is 6.07 Å². The van der Waals surface area contributed by atoms with Gasteiger partial charge < -0.3 is 5.73 Å². The number of hydrogen-bond donors (Lipinski definition) is 1. The van der Waals surface area contributed by atoms with Crippen LogP contribution in [-0.4, -0.2) is 0 Å². The fourth-order valence-corrected chi connectivity index (χ4v) is 2.29. The molecule has 2 aromatic rings. The Morgan fingerprint density at radius 2 is 2.07 bits per heavy atom. The van der Waals surface area contributed by atoms with Gasteiger partial charge in [0.25, 0.3) is 0 Å². The van der Waals surface area contributed by atoms with Crippen LogP contribution in [0.15, 0.2) is 39.5 Å². The highest BCUT2D eigenvalue weighted by Gasteiger charge is 2.10. The molecular formula is C11H9BrFNS. The Labute approximate surface area is 99.9 Å². The molecule has 1 heterocycles. The largest absolute Gasteiger partial charge is 0.320 e. The molecule has 1 aromatic carbocycles. The fraction of sp³-hybridized carbons (Fsp3) is 0.0909. The zero-order valence-corrected chi connectivity index (χ0v) is 10.2. The lowest BCUT2D eigenvalue weighted by Gasteiger charge is -2.10. The smallest absolute Gasteiger partial charge is 0.137 e. The van der Waals surface area contributed by atoms with Gasteiger partial charge >= 0.3 is 0 Å². The van der Waals surface area contributed by atoms with Crippen molar-refractivity contribution in [2.45, 2.75) is 6.04 Å². The molecule has 2 N–H and O–H groups in total. The molecule has 15 heavy (non-hydrogen) atoms. The van der Waals surface area contributed by atoms with E-state index in [2.05, 4.69) is 15.9 Å². The van der Waals surface area contributed by atoms with Crippen molar-refractivity contribution in [3.05, 3.63) is 56.4 Å². The Hall–Kier alpha value is -0.710. The molecule has 0 saturated heterocycles. The van der Waals surface area contributed by atoms with Gasteiger partial charge in [0.15, 0.2) is 0 Å². The maximum absolute atomic E-state index is 13.3. The third-order valence-electron chi connectivity index (χ3n) is 2.21. The normalized spacial score (nSPS) is 12.7. The average Bonchev–Trinajstić information content (AvgIpc) is 2.74. The van der Waals surface area contributed by atoms with Crippen molar-refractivity contribution < 1.29 is 4.39 Å². The van der Waals surface area contributed by atoms with Crippen LogP contribution in [0.3, 0.4) is 0 Å². The van der Waals surface area contributed by atoms with E-state index in [-0.39, 0.29) is 11.9 Å². The van der Waals surface area contributed by atoms with E-state index < -0.39 is 0 Å². The van der Waals surface area contributed by atoms with Gasteiger partial charge in [-0.1, -0.05) is 6.07 Å². The van der Waals surface area contributed by atoms with Gasteiger partial charge in [0.2, 0.25) is 0 Å². The first-order valence-electron chi connectivity index (χ1n) is 4.41. The van der Waals surface area contributed by atoms with E-state index >= 15 is 0 Å². The van der Waals surface area contributed by atoms with Crippen LogP contribution >= 0.6 is 27.3 Å². The van der Waals surface area contributed by atoms with E-state index in [9.17, 15) is 4.39 Å². The fourth-order valence-electron chi connectivity index (χ4n) is 1.35. The molecule has 0 fully saturated rings. The van der Waals surface area contributed by atoms with Crippen LogP contribution in [0.2, 0.25) is 0 Å². The summed E-state index contributed by atoms with van der Waals surface area (Å²) in [5.41, 5.74) is 7.81. The first-order chi connectivity index (χ1) is 7.18. The Bertz CT molecular complexity index is 456. The Balaban J connectivity index is 2.34. The summed E-state index contributed by atoms with van der Waals surface area (Å²) in [6.07, 6.45) is 0. The Morgan fingerprint density at radius 1 is 1.27 bits per heavy atom. The van der Waals surface area contributed by atoms with Gasteiger partial charge in [-0.25, -0.2) is 4.39 Å². The van der Waals surface area contributed by atoms with Crippen LogP contribution in [-0.2, 0) is 0 Å². The highest BCUT2D eigenvalue weighted by atomic mass is 79.9. The van der Waals surface area contributed by atoms with Crippen LogP contribution in [0.4, 0.5) is 4.39 Å². The Morgan fingerprint density at radius 3 is 2.67 bits per heavy atom. The average molecular weight is 286 g/mol. The van der Waals surface area contributed by atoms with E-state index in [0.717, 1.165) is 11.1 Å². The van der Waals surface area contributed by atoms with Crippen LogP contribution in [0, 0.1) is 5.82 Å². The zero-order chi connectivity index (χ0) is 10.8. The molecule has 2 rings (SSSR count). The summed E-state index contributed by atoms with van der Waals surface area (Å²) in [6.45, 7) is 0. The summed E-state index contributed by atoms with van der Waals surface area (Å²) in [7, 11) is 0. The van der Waals surface area contributed by atoms with Crippen molar-refractivity contribution in [2.24, 2.45) is 5.73 Å². The molecule has 0 saturated carbocycles. The van der Waals surface area contributed by atoms with Crippen molar-refractivity contribution >= 4 is 27.3 Å². The molecule has 1 unspecified atom stereocenters. The highest BCUT2D eigenvalue weighted by Crippen LogP contribution is 2.24. The van der Waals surface area contributed by atoms with Crippen LogP contribution < -0.4 is 5.73 Å². The number of rotatable bonds is 2. The van der Waals surface area contributed by atoms with Crippen molar-refractivity contribution in [2.75, 3.05) is 0 Å². The first-order valence-corrected chi connectivity index (χ1v) is 6.14. The van der Waals surface area contributed by atoms with E-state index in [1.807, 2.05) is 22.9 Å². The first kappa shape index (κ1) is 10.8. The third kappa shape index (κ3) is 2.27. The standard InChI is InChI=1S/C11H9BrFNS/c12-9-2-1-7(5-10(9)13)11(14)8-3-4-15-6-8/h1-6,11H,14H2. The molecule has 1 nitrogen and oxygen atoms in total. The minimum Gasteiger partial charge on any atom is -0.320 e. The molecule has 0 aliphatic heterocycles. The van der Waals surface area contributed by atoms with Gasteiger partial charge in [-0.3, -0.25) is 0 Å². The van der Waals surface area contributed by atoms with Crippen LogP contribution in [0.25, 0.3) is 0 Å². The third-order valence-corrected chi connectivity index (χ3v) is 3.55. The van der Waals surface area contributed by atoms with E-state index in [0.29, 0.717) is 4.47 Å². The molecule has 1 atom stereocenters. The van der Waals surface area contributed by atoms with Crippen molar-refractivity contribution in [3.8, 4) is 0 Å².